The van der Waals surface area contributed by atoms with Gasteiger partial charge in [-0.3, -0.25) is 0 Å². The van der Waals surface area contributed by atoms with Crippen LogP contribution in [0.5, 0.6) is 0 Å². The first-order valence-corrected chi connectivity index (χ1v) is 5.47. The van der Waals surface area contributed by atoms with Crippen LogP contribution in [-0.2, 0) is 0 Å². The van der Waals surface area contributed by atoms with Crippen molar-refractivity contribution in [3.05, 3.63) is 47.8 Å². The Kier molecular flexibility index (Phi) is 2.95. The number of carbonyl (C=O) groups is 1. The van der Waals surface area contributed by atoms with Gasteiger partial charge in [0.05, 0.1) is 16.9 Å². The number of nitrogens with zero attached hydrogens (tertiary/aromatic N) is 2. The average Bonchev–Trinajstić information content (AvgIpc) is 2.78. The van der Waals surface area contributed by atoms with Crippen LogP contribution in [0.25, 0.3) is 5.69 Å². The molecular formula is C13H14N2O2. The summed E-state index contributed by atoms with van der Waals surface area (Å²) in [5, 5.41) is 13.2. The van der Waals surface area contributed by atoms with Gasteiger partial charge < -0.3 is 5.11 Å². The Hall–Kier alpha value is -2.10. The Labute approximate surface area is 99.5 Å². The van der Waals surface area contributed by atoms with Gasteiger partial charge in [0, 0.05) is 6.20 Å². The monoisotopic (exact) mass is 230 g/mol. The van der Waals surface area contributed by atoms with Crippen molar-refractivity contribution in [2.24, 2.45) is 0 Å². The maximum atomic E-state index is 10.7. The van der Waals surface area contributed by atoms with Crippen LogP contribution in [0, 0.1) is 0 Å². The molecule has 0 fully saturated rings. The average molecular weight is 230 g/mol. The molecule has 88 valence electrons. The molecule has 0 aliphatic heterocycles. The van der Waals surface area contributed by atoms with Crippen LogP contribution in [0.2, 0.25) is 0 Å². The van der Waals surface area contributed by atoms with Gasteiger partial charge in [-0.15, -0.1) is 0 Å². The van der Waals surface area contributed by atoms with E-state index < -0.39 is 5.97 Å². The quantitative estimate of drug-likeness (QED) is 0.882. The van der Waals surface area contributed by atoms with Gasteiger partial charge in [-0.25, -0.2) is 9.48 Å². The van der Waals surface area contributed by atoms with Crippen molar-refractivity contribution in [1.82, 2.24) is 9.78 Å². The number of aromatic nitrogens is 2. The molecule has 4 nitrogen and oxygen atoms in total. The second kappa shape index (κ2) is 4.41. The molecule has 0 bridgehead atoms. The molecular weight excluding hydrogens is 216 g/mol. The van der Waals surface area contributed by atoms with Crippen molar-refractivity contribution < 1.29 is 9.90 Å². The summed E-state index contributed by atoms with van der Waals surface area (Å²) in [4.78, 5) is 10.7. The van der Waals surface area contributed by atoms with E-state index in [4.69, 9.17) is 5.11 Å². The molecule has 1 aromatic heterocycles. The highest BCUT2D eigenvalue weighted by atomic mass is 16.4. The summed E-state index contributed by atoms with van der Waals surface area (Å²) in [5.74, 6) is -0.533. The number of carboxylic acids is 1. The molecule has 2 aromatic rings. The fourth-order valence-electron chi connectivity index (χ4n) is 1.55. The maximum Gasteiger partial charge on any atom is 0.335 e. The Bertz CT molecular complexity index is 527. The lowest BCUT2D eigenvalue weighted by Gasteiger charge is -2.02. The standard InChI is InChI=1S/C13H14N2O2/c1-9(2)12-7-8-15(14-12)11-5-3-10(4-6-11)13(16)17/h3-9H,1-2H3,(H,16,17). The first kappa shape index (κ1) is 11.4. The van der Waals surface area contributed by atoms with E-state index in [1.54, 1.807) is 28.9 Å². The molecule has 0 unspecified atom stereocenters. The van der Waals surface area contributed by atoms with Crippen molar-refractivity contribution in [2.45, 2.75) is 19.8 Å². The number of carboxylic acid groups (broad SMARTS) is 1. The molecule has 1 heterocycles. The lowest BCUT2D eigenvalue weighted by molar-refractivity contribution is 0.0697. The van der Waals surface area contributed by atoms with Gasteiger partial charge >= 0.3 is 5.97 Å². The van der Waals surface area contributed by atoms with Crippen LogP contribution in [0.1, 0.15) is 35.8 Å². The molecule has 0 saturated carbocycles. The molecule has 0 spiro atoms. The zero-order valence-corrected chi connectivity index (χ0v) is 9.79. The molecule has 2 rings (SSSR count). The fourth-order valence-corrected chi connectivity index (χ4v) is 1.55. The topological polar surface area (TPSA) is 55.1 Å². The van der Waals surface area contributed by atoms with Gasteiger partial charge in [-0.1, -0.05) is 13.8 Å². The predicted molar refractivity (Wildman–Crippen MR) is 64.6 cm³/mol. The lowest BCUT2D eigenvalue weighted by Crippen LogP contribution is -1.99. The minimum absolute atomic E-state index is 0.282. The highest BCUT2D eigenvalue weighted by Gasteiger charge is 2.06. The minimum atomic E-state index is -0.917. The molecule has 1 N–H and O–H groups in total. The molecule has 17 heavy (non-hydrogen) atoms. The predicted octanol–water partition coefficient (Wildman–Crippen LogP) is 2.69. The van der Waals surface area contributed by atoms with E-state index in [1.165, 1.54) is 0 Å². The first-order chi connectivity index (χ1) is 8.08. The van der Waals surface area contributed by atoms with Crippen LogP contribution in [-0.4, -0.2) is 20.9 Å². The van der Waals surface area contributed by atoms with Crippen molar-refractivity contribution in [3.63, 3.8) is 0 Å². The molecule has 0 aliphatic carbocycles. The summed E-state index contributed by atoms with van der Waals surface area (Å²) < 4.78 is 1.75. The second-order valence-corrected chi connectivity index (χ2v) is 4.19. The van der Waals surface area contributed by atoms with E-state index >= 15 is 0 Å². The zero-order chi connectivity index (χ0) is 12.4. The second-order valence-electron chi connectivity index (χ2n) is 4.19. The number of aromatic carboxylic acids is 1. The Balaban J connectivity index is 2.30. The van der Waals surface area contributed by atoms with Gasteiger partial charge in [0.15, 0.2) is 0 Å². The van der Waals surface area contributed by atoms with Crippen molar-refractivity contribution in [3.8, 4) is 5.69 Å². The van der Waals surface area contributed by atoms with Crippen LogP contribution >= 0.6 is 0 Å². The van der Waals surface area contributed by atoms with Crippen LogP contribution in [0.15, 0.2) is 36.5 Å². The highest BCUT2D eigenvalue weighted by Crippen LogP contribution is 2.14. The first-order valence-electron chi connectivity index (χ1n) is 5.47. The van der Waals surface area contributed by atoms with Crippen molar-refractivity contribution in [1.29, 1.82) is 0 Å². The molecule has 0 atom stereocenters. The van der Waals surface area contributed by atoms with Gasteiger partial charge in [0.25, 0.3) is 0 Å². The van der Waals surface area contributed by atoms with Gasteiger partial charge in [0.1, 0.15) is 0 Å². The summed E-state index contributed by atoms with van der Waals surface area (Å²) >= 11 is 0. The summed E-state index contributed by atoms with van der Waals surface area (Å²) in [6.45, 7) is 4.17. The number of hydrogen-bond acceptors (Lipinski definition) is 2. The third-order valence-corrected chi connectivity index (χ3v) is 2.58. The minimum Gasteiger partial charge on any atom is -0.478 e. The molecule has 0 aliphatic rings. The van der Waals surface area contributed by atoms with Crippen LogP contribution in [0.4, 0.5) is 0 Å². The Morgan fingerprint density at radius 1 is 1.24 bits per heavy atom. The van der Waals surface area contributed by atoms with Gasteiger partial charge in [-0.05, 0) is 36.2 Å². The summed E-state index contributed by atoms with van der Waals surface area (Å²) in [6, 6.07) is 8.62. The number of hydrogen-bond donors (Lipinski definition) is 1. The highest BCUT2D eigenvalue weighted by molar-refractivity contribution is 5.87. The smallest absolute Gasteiger partial charge is 0.335 e. The van der Waals surface area contributed by atoms with Crippen molar-refractivity contribution >= 4 is 5.97 Å². The fraction of sp³-hybridized carbons (Fsp3) is 0.231. The van der Waals surface area contributed by atoms with Crippen LogP contribution < -0.4 is 0 Å². The van der Waals surface area contributed by atoms with E-state index in [9.17, 15) is 4.79 Å². The normalized spacial score (nSPS) is 10.8. The summed E-state index contributed by atoms with van der Waals surface area (Å²) in [7, 11) is 0. The lowest BCUT2D eigenvalue weighted by atomic mass is 10.1. The summed E-state index contributed by atoms with van der Waals surface area (Å²) in [5.41, 5.74) is 2.17. The van der Waals surface area contributed by atoms with Crippen molar-refractivity contribution in [2.75, 3.05) is 0 Å². The molecule has 1 aromatic carbocycles. The maximum absolute atomic E-state index is 10.7. The number of benzene rings is 1. The third-order valence-electron chi connectivity index (χ3n) is 2.58. The van der Waals surface area contributed by atoms with E-state index in [1.807, 2.05) is 12.3 Å². The van der Waals surface area contributed by atoms with Crippen LogP contribution in [0.3, 0.4) is 0 Å². The van der Waals surface area contributed by atoms with Gasteiger partial charge in [0.2, 0.25) is 0 Å². The number of rotatable bonds is 3. The van der Waals surface area contributed by atoms with E-state index in [2.05, 4.69) is 18.9 Å². The third kappa shape index (κ3) is 2.36. The van der Waals surface area contributed by atoms with E-state index in [-0.39, 0.29) is 5.56 Å². The largest absolute Gasteiger partial charge is 0.478 e. The molecule has 0 radical (unpaired) electrons. The molecule has 4 heteroatoms. The zero-order valence-electron chi connectivity index (χ0n) is 9.79. The summed E-state index contributed by atoms with van der Waals surface area (Å²) in [6.07, 6.45) is 1.88. The molecule has 0 amide bonds. The molecule has 0 saturated heterocycles. The van der Waals surface area contributed by atoms with E-state index in [0.29, 0.717) is 5.92 Å². The van der Waals surface area contributed by atoms with Gasteiger partial charge in [-0.2, -0.15) is 5.10 Å². The SMILES string of the molecule is CC(C)c1ccn(-c2ccc(C(=O)O)cc2)n1. The Morgan fingerprint density at radius 2 is 1.88 bits per heavy atom. The van der Waals surface area contributed by atoms with E-state index in [0.717, 1.165) is 11.4 Å². The Morgan fingerprint density at radius 3 is 2.35 bits per heavy atom.